The highest BCUT2D eigenvalue weighted by Gasteiger charge is 2.28. The summed E-state index contributed by atoms with van der Waals surface area (Å²) in [6, 6.07) is 10.3. The van der Waals surface area contributed by atoms with Gasteiger partial charge in [-0.15, -0.1) is 0 Å². The number of hydrogen-bond donors (Lipinski definition) is 1. The minimum Gasteiger partial charge on any atom is -0.459 e. The maximum Gasteiger partial charge on any atom is 0.134 e. The van der Waals surface area contributed by atoms with Crippen molar-refractivity contribution >= 4 is 11.0 Å². The second kappa shape index (κ2) is 5.38. The van der Waals surface area contributed by atoms with Gasteiger partial charge in [-0.3, -0.25) is 0 Å². The highest BCUT2D eigenvalue weighted by Crippen LogP contribution is 2.38. The van der Waals surface area contributed by atoms with Gasteiger partial charge in [0.2, 0.25) is 0 Å². The van der Waals surface area contributed by atoms with Gasteiger partial charge < -0.3 is 10.2 Å². The molecule has 102 valence electrons. The lowest BCUT2D eigenvalue weighted by Gasteiger charge is -2.31. The average molecular weight is 257 g/mol. The van der Waals surface area contributed by atoms with Crippen LogP contribution < -0.4 is 5.73 Å². The van der Waals surface area contributed by atoms with Gasteiger partial charge in [-0.1, -0.05) is 44.4 Å². The summed E-state index contributed by atoms with van der Waals surface area (Å²) in [7, 11) is 0. The van der Waals surface area contributed by atoms with Crippen LogP contribution in [0.2, 0.25) is 0 Å². The minimum atomic E-state index is 0.0572. The molecule has 1 saturated carbocycles. The van der Waals surface area contributed by atoms with Crippen molar-refractivity contribution in [2.45, 2.75) is 45.1 Å². The molecule has 0 aliphatic heterocycles. The van der Waals surface area contributed by atoms with Crippen LogP contribution in [0.25, 0.3) is 11.0 Å². The summed E-state index contributed by atoms with van der Waals surface area (Å²) in [6.45, 7) is 2.29. The van der Waals surface area contributed by atoms with E-state index >= 15 is 0 Å². The van der Waals surface area contributed by atoms with E-state index in [4.69, 9.17) is 10.2 Å². The molecule has 1 aromatic heterocycles. The fourth-order valence-electron chi connectivity index (χ4n) is 3.43. The van der Waals surface area contributed by atoms with Gasteiger partial charge in [0.05, 0.1) is 6.04 Å². The molecule has 3 rings (SSSR count). The maximum absolute atomic E-state index is 6.46. The monoisotopic (exact) mass is 257 g/mol. The predicted molar refractivity (Wildman–Crippen MR) is 78.9 cm³/mol. The first kappa shape index (κ1) is 12.7. The average Bonchev–Trinajstić information content (AvgIpc) is 2.90. The number of benzene rings is 1. The molecule has 3 atom stereocenters. The van der Waals surface area contributed by atoms with Crippen LogP contribution in [0.1, 0.15) is 50.8 Å². The van der Waals surface area contributed by atoms with Crippen LogP contribution in [0.5, 0.6) is 0 Å². The maximum atomic E-state index is 6.46. The molecule has 1 heterocycles. The first-order valence-corrected chi connectivity index (χ1v) is 7.52. The van der Waals surface area contributed by atoms with Gasteiger partial charge >= 0.3 is 0 Å². The summed E-state index contributed by atoms with van der Waals surface area (Å²) < 4.78 is 5.93. The van der Waals surface area contributed by atoms with Crippen molar-refractivity contribution in [1.29, 1.82) is 0 Å². The third-order valence-electron chi connectivity index (χ3n) is 4.68. The standard InChI is InChI=1S/C17H23NO/c1-2-12-6-5-8-14(10-12)17(18)16-11-13-7-3-4-9-15(13)19-16/h3-4,7,9,11-12,14,17H,2,5-6,8,10,18H2,1H3. The van der Waals surface area contributed by atoms with Gasteiger partial charge in [0, 0.05) is 5.39 Å². The molecule has 0 bridgehead atoms. The van der Waals surface area contributed by atoms with E-state index in [-0.39, 0.29) is 6.04 Å². The number of rotatable bonds is 3. The van der Waals surface area contributed by atoms with Crippen molar-refractivity contribution in [2.75, 3.05) is 0 Å². The Labute approximate surface area is 115 Å². The molecular formula is C17H23NO. The summed E-state index contributed by atoms with van der Waals surface area (Å²) in [5.41, 5.74) is 7.41. The van der Waals surface area contributed by atoms with Crippen molar-refractivity contribution in [3.05, 3.63) is 36.1 Å². The molecule has 3 unspecified atom stereocenters. The zero-order valence-electron chi connectivity index (χ0n) is 11.6. The quantitative estimate of drug-likeness (QED) is 0.869. The van der Waals surface area contributed by atoms with E-state index in [0.717, 1.165) is 22.6 Å². The van der Waals surface area contributed by atoms with Crippen molar-refractivity contribution < 1.29 is 4.42 Å². The third kappa shape index (κ3) is 2.55. The molecule has 0 radical (unpaired) electrons. The van der Waals surface area contributed by atoms with Gasteiger partial charge in [0.1, 0.15) is 11.3 Å². The molecule has 2 aromatic rings. The van der Waals surface area contributed by atoms with E-state index in [2.05, 4.69) is 19.1 Å². The third-order valence-corrected chi connectivity index (χ3v) is 4.68. The second-order valence-electron chi connectivity index (χ2n) is 5.91. The topological polar surface area (TPSA) is 39.2 Å². The second-order valence-corrected chi connectivity index (χ2v) is 5.91. The molecule has 2 N–H and O–H groups in total. The lowest BCUT2D eigenvalue weighted by Crippen LogP contribution is -2.26. The number of fused-ring (bicyclic) bond motifs is 1. The smallest absolute Gasteiger partial charge is 0.134 e. The van der Waals surface area contributed by atoms with E-state index in [1.807, 2.05) is 18.2 Å². The molecule has 0 amide bonds. The van der Waals surface area contributed by atoms with Crippen LogP contribution in [0.15, 0.2) is 34.7 Å². The zero-order chi connectivity index (χ0) is 13.2. The van der Waals surface area contributed by atoms with E-state index in [1.165, 1.54) is 32.1 Å². The van der Waals surface area contributed by atoms with E-state index in [1.54, 1.807) is 0 Å². The predicted octanol–water partition coefficient (Wildman–Crippen LogP) is 4.65. The molecule has 0 spiro atoms. The van der Waals surface area contributed by atoms with Crippen LogP contribution in [0, 0.1) is 11.8 Å². The Kier molecular flexibility index (Phi) is 3.61. The molecule has 1 aliphatic carbocycles. The van der Waals surface area contributed by atoms with Gasteiger partial charge in [-0.05, 0) is 36.8 Å². The van der Waals surface area contributed by atoms with Crippen molar-refractivity contribution in [1.82, 2.24) is 0 Å². The molecular weight excluding hydrogens is 234 g/mol. The van der Waals surface area contributed by atoms with Crippen LogP contribution in [0.4, 0.5) is 0 Å². The Bertz CT molecular complexity index is 512. The zero-order valence-corrected chi connectivity index (χ0v) is 11.6. The largest absolute Gasteiger partial charge is 0.459 e. The molecule has 2 heteroatoms. The number of nitrogens with two attached hydrogens (primary N) is 1. The lowest BCUT2D eigenvalue weighted by atomic mass is 9.76. The highest BCUT2D eigenvalue weighted by atomic mass is 16.3. The Morgan fingerprint density at radius 3 is 2.95 bits per heavy atom. The van der Waals surface area contributed by atoms with Gasteiger partial charge in [-0.25, -0.2) is 0 Å². The van der Waals surface area contributed by atoms with Crippen LogP contribution >= 0.6 is 0 Å². The summed E-state index contributed by atoms with van der Waals surface area (Å²) in [5, 5.41) is 1.16. The Morgan fingerprint density at radius 1 is 1.32 bits per heavy atom. The van der Waals surface area contributed by atoms with Gasteiger partial charge in [0.25, 0.3) is 0 Å². The Balaban J connectivity index is 1.80. The van der Waals surface area contributed by atoms with Crippen molar-refractivity contribution in [3.8, 4) is 0 Å². The van der Waals surface area contributed by atoms with Gasteiger partial charge in [-0.2, -0.15) is 0 Å². The van der Waals surface area contributed by atoms with E-state index in [9.17, 15) is 0 Å². The van der Waals surface area contributed by atoms with Crippen molar-refractivity contribution in [3.63, 3.8) is 0 Å². The van der Waals surface area contributed by atoms with Crippen molar-refractivity contribution in [2.24, 2.45) is 17.6 Å². The molecule has 2 nitrogen and oxygen atoms in total. The van der Waals surface area contributed by atoms with E-state index < -0.39 is 0 Å². The summed E-state index contributed by atoms with van der Waals surface area (Å²) >= 11 is 0. The molecule has 1 aromatic carbocycles. The SMILES string of the molecule is CCC1CCCC(C(N)c2cc3ccccc3o2)C1. The van der Waals surface area contributed by atoms with Crippen LogP contribution in [0.3, 0.4) is 0 Å². The fraction of sp³-hybridized carbons (Fsp3) is 0.529. The normalized spacial score (nSPS) is 25.6. The first-order chi connectivity index (χ1) is 9.28. The number of hydrogen-bond acceptors (Lipinski definition) is 2. The molecule has 1 aliphatic rings. The fourth-order valence-corrected chi connectivity index (χ4v) is 3.43. The Hall–Kier alpha value is -1.28. The van der Waals surface area contributed by atoms with Crippen LogP contribution in [-0.2, 0) is 0 Å². The van der Waals surface area contributed by atoms with Gasteiger partial charge in [0.15, 0.2) is 0 Å². The number of para-hydroxylation sites is 1. The number of furan rings is 1. The molecule has 1 fully saturated rings. The summed E-state index contributed by atoms with van der Waals surface area (Å²) in [5.74, 6) is 2.40. The first-order valence-electron chi connectivity index (χ1n) is 7.52. The van der Waals surface area contributed by atoms with E-state index in [0.29, 0.717) is 5.92 Å². The Morgan fingerprint density at radius 2 is 2.16 bits per heavy atom. The minimum absolute atomic E-state index is 0.0572. The lowest BCUT2D eigenvalue weighted by molar-refractivity contribution is 0.218. The van der Waals surface area contributed by atoms with Crippen LogP contribution in [-0.4, -0.2) is 0 Å². The summed E-state index contributed by atoms with van der Waals surface area (Å²) in [6.07, 6.45) is 6.48. The highest BCUT2D eigenvalue weighted by molar-refractivity contribution is 5.77. The summed E-state index contributed by atoms with van der Waals surface area (Å²) in [4.78, 5) is 0. The molecule has 19 heavy (non-hydrogen) atoms. The molecule has 0 saturated heterocycles.